The van der Waals surface area contributed by atoms with Crippen LogP contribution in [0.3, 0.4) is 0 Å². The summed E-state index contributed by atoms with van der Waals surface area (Å²) in [6, 6.07) is 8.84. The number of benzene rings is 1. The summed E-state index contributed by atoms with van der Waals surface area (Å²) in [4.78, 5) is 25.8. The maximum absolute atomic E-state index is 12.6. The molecular weight excluding hydrogens is 282 g/mol. The smallest absolute Gasteiger partial charge is 0.297 e. The summed E-state index contributed by atoms with van der Waals surface area (Å²) in [5.74, 6) is -0.208. The minimum atomic E-state index is -0.357. The molecule has 0 spiro atoms. The topological polar surface area (TPSA) is 75.4 Å². The van der Waals surface area contributed by atoms with E-state index in [1.165, 1.54) is 4.90 Å². The number of hydrogen-bond donors (Lipinski definition) is 1. The predicted molar refractivity (Wildman–Crippen MR) is 82.0 cm³/mol. The number of para-hydroxylation sites is 2. The van der Waals surface area contributed by atoms with E-state index in [2.05, 4.69) is 10.5 Å². The summed E-state index contributed by atoms with van der Waals surface area (Å²) in [7, 11) is 0. The van der Waals surface area contributed by atoms with Gasteiger partial charge in [-0.2, -0.15) is 0 Å². The van der Waals surface area contributed by atoms with Gasteiger partial charge in [0, 0.05) is 12.0 Å². The Morgan fingerprint density at radius 1 is 1.45 bits per heavy atom. The molecule has 1 N–H and O–H groups in total. The number of aromatic nitrogens is 1. The summed E-state index contributed by atoms with van der Waals surface area (Å²) in [5.41, 5.74) is 2.03. The second kappa shape index (κ2) is 5.63. The van der Waals surface area contributed by atoms with Crippen molar-refractivity contribution < 1.29 is 14.1 Å². The highest BCUT2D eigenvalue weighted by molar-refractivity contribution is 6.14. The van der Waals surface area contributed by atoms with E-state index < -0.39 is 0 Å². The molecule has 0 saturated carbocycles. The third kappa shape index (κ3) is 2.47. The molecule has 0 radical (unpaired) electrons. The van der Waals surface area contributed by atoms with E-state index >= 15 is 0 Å². The van der Waals surface area contributed by atoms with E-state index in [1.54, 1.807) is 18.2 Å². The van der Waals surface area contributed by atoms with Crippen LogP contribution in [0.5, 0.6) is 0 Å². The monoisotopic (exact) mass is 299 g/mol. The fourth-order valence-corrected chi connectivity index (χ4v) is 2.38. The molecule has 0 saturated heterocycles. The molecule has 0 fully saturated rings. The van der Waals surface area contributed by atoms with Crippen molar-refractivity contribution in [3.05, 3.63) is 41.8 Å². The molecule has 114 valence electrons. The number of nitrogens with zero attached hydrogens (tertiary/aromatic N) is 2. The van der Waals surface area contributed by atoms with Crippen LogP contribution >= 0.6 is 0 Å². The Kier molecular flexibility index (Phi) is 3.66. The van der Waals surface area contributed by atoms with Crippen molar-refractivity contribution in [2.24, 2.45) is 0 Å². The zero-order valence-electron chi connectivity index (χ0n) is 12.5. The maximum atomic E-state index is 12.6. The van der Waals surface area contributed by atoms with Crippen molar-refractivity contribution in [3.63, 3.8) is 0 Å². The first-order chi connectivity index (χ1) is 10.6. The van der Waals surface area contributed by atoms with Crippen molar-refractivity contribution in [3.8, 4) is 0 Å². The highest BCUT2D eigenvalue weighted by Crippen LogP contribution is 2.30. The van der Waals surface area contributed by atoms with Gasteiger partial charge in [0.1, 0.15) is 6.54 Å². The summed E-state index contributed by atoms with van der Waals surface area (Å²) in [5, 5.41) is 6.70. The average Bonchev–Trinajstić information content (AvgIpc) is 3.02. The highest BCUT2D eigenvalue weighted by atomic mass is 16.5. The lowest BCUT2D eigenvalue weighted by Gasteiger charge is -2.28. The van der Waals surface area contributed by atoms with Crippen LogP contribution in [-0.4, -0.2) is 23.5 Å². The standard InChI is InChI=1S/C16H17N3O3/c1-3-10(2)12-8-14(22-18-12)16(21)19-9-15(20)17-11-6-4-5-7-13(11)19/h4-8,10H,3,9H2,1-2H3,(H,17,20)/t10-/m1/s1. The molecule has 2 heterocycles. The maximum Gasteiger partial charge on any atom is 0.297 e. The summed E-state index contributed by atoms with van der Waals surface area (Å²) < 4.78 is 5.18. The number of fused-ring (bicyclic) bond motifs is 1. The minimum Gasteiger partial charge on any atom is -0.351 e. The van der Waals surface area contributed by atoms with Crippen molar-refractivity contribution in [2.45, 2.75) is 26.2 Å². The van der Waals surface area contributed by atoms with Gasteiger partial charge in [0.05, 0.1) is 17.1 Å². The number of anilines is 2. The van der Waals surface area contributed by atoms with Gasteiger partial charge in [-0.1, -0.05) is 31.1 Å². The molecule has 6 nitrogen and oxygen atoms in total. The molecule has 1 aliphatic rings. The number of amides is 2. The minimum absolute atomic E-state index is 0.0325. The zero-order valence-corrected chi connectivity index (χ0v) is 12.5. The fourth-order valence-electron chi connectivity index (χ4n) is 2.38. The molecule has 1 aromatic heterocycles. The second-order valence-corrected chi connectivity index (χ2v) is 5.38. The molecule has 0 unspecified atom stereocenters. The Balaban J connectivity index is 1.92. The quantitative estimate of drug-likeness (QED) is 0.945. The van der Waals surface area contributed by atoms with Crippen molar-refractivity contribution in [1.82, 2.24) is 5.16 Å². The summed E-state index contributed by atoms with van der Waals surface area (Å²) in [6.45, 7) is 4.04. The first-order valence-corrected chi connectivity index (χ1v) is 7.27. The van der Waals surface area contributed by atoms with Gasteiger partial charge < -0.3 is 9.84 Å². The van der Waals surface area contributed by atoms with Gasteiger partial charge in [0.25, 0.3) is 5.91 Å². The van der Waals surface area contributed by atoms with Crippen LogP contribution in [0.1, 0.15) is 42.4 Å². The lowest BCUT2D eigenvalue weighted by atomic mass is 10.1. The van der Waals surface area contributed by atoms with Crippen molar-refractivity contribution in [1.29, 1.82) is 0 Å². The molecule has 0 aliphatic carbocycles. The molecular formula is C16H17N3O3. The molecule has 1 aromatic carbocycles. The SMILES string of the molecule is CC[C@@H](C)c1cc(C(=O)N2CC(=O)Nc3ccccc32)on1. The van der Waals surface area contributed by atoms with Gasteiger partial charge in [-0.25, -0.2) is 0 Å². The first kappa shape index (κ1) is 14.3. The number of nitrogens with one attached hydrogen (secondary N) is 1. The van der Waals surface area contributed by atoms with Crippen LogP contribution in [0.2, 0.25) is 0 Å². The second-order valence-electron chi connectivity index (χ2n) is 5.38. The largest absolute Gasteiger partial charge is 0.351 e. The molecule has 22 heavy (non-hydrogen) atoms. The van der Waals surface area contributed by atoms with E-state index in [4.69, 9.17) is 4.52 Å². The Hall–Kier alpha value is -2.63. The molecule has 1 aliphatic heterocycles. The van der Waals surface area contributed by atoms with E-state index in [-0.39, 0.29) is 30.0 Å². The van der Waals surface area contributed by atoms with Gasteiger partial charge in [-0.15, -0.1) is 0 Å². The van der Waals surface area contributed by atoms with Gasteiger partial charge >= 0.3 is 0 Å². The van der Waals surface area contributed by atoms with Gasteiger partial charge in [0.15, 0.2) is 0 Å². The fraction of sp³-hybridized carbons (Fsp3) is 0.312. The van der Waals surface area contributed by atoms with Crippen LogP contribution < -0.4 is 10.2 Å². The third-order valence-electron chi connectivity index (χ3n) is 3.87. The Morgan fingerprint density at radius 3 is 3.00 bits per heavy atom. The number of carbonyl (C=O) groups is 2. The third-order valence-corrected chi connectivity index (χ3v) is 3.87. The molecule has 0 bridgehead atoms. The lowest BCUT2D eigenvalue weighted by Crippen LogP contribution is -2.42. The predicted octanol–water partition coefficient (Wildman–Crippen LogP) is 2.79. The molecule has 2 aromatic rings. The van der Waals surface area contributed by atoms with E-state index in [0.29, 0.717) is 11.4 Å². The number of hydrogen-bond acceptors (Lipinski definition) is 4. The van der Waals surface area contributed by atoms with Crippen LogP contribution in [0.4, 0.5) is 11.4 Å². The average molecular weight is 299 g/mol. The van der Waals surface area contributed by atoms with E-state index in [0.717, 1.165) is 12.1 Å². The molecule has 3 rings (SSSR count). The highest BCUT2D eigenvalue weighted by Gasteiger charge is 2.29. The van der Waals surface area contributed by atoms with E-state index in [1.807, 2.05) is 26.0 Å². The number of rotatable bonds is 3. The van der Waals surface area contributed by atoms with Crippen LogP contribution in [0, 0.1) is 0 Å². The van der Waals surface area contributed by atoms with Crippen molar-refractivity contribution in [2.75, 3.05) is 16.8 Å². The molecule has 6 heteroatoms. The van der Waals surface area contributed by atoms with Crippen LogP contribution in [0.15, 0.2) is 34.9 Å². The van der Waals surface area contributed by atoms with Gasteiger partial charge in [-0.05, 0) is 18.6 Å². The lowest BCUT2D eigenvalue weighted by molar-refractivity contribution is -0.115. The van der Waals surface area contributed by atoms with Crippen LogP contribution in [-0.2, 0) is 4.79 Å². The van der Waals surface area contributed by atoms with E-state index in [9.17, 15) is 9.59 Å². The normalized spacial score (nSPS) is 15.2. The van der Waals surface area contributed by atoms with Crippen LogP contribution in [0.25, 0.3) is 0 Å². The van der Waals surface area contributed by atoms with Crippen molar-refractivity contribution >= 4 is 23.2 Å². The summed E-state index contributed by atoms with van der Waals surface area (Å²) in [6.07, 6.45) is 0.912. The number of carbonyl (C=O) groups excluding carboxylic acids is 2. The Labute approximate surface area is 128 Å². The summed E-state index contributed by atoms with van der Waals surface area (Å²) >= 11 is 0. The molecule has 2 amide bonds. The Morgan fingerprint density at radius 2 is 2.23 bits per heavy atom. The zero-order chi connectivity index (χ0) is 15.7. The first-order valence-electron chi connectivity index (χ1n) is 7.27. The van der Waals surface area contributed by atoms with Gasteiger partial charge in [0.2, 0.25) is 11.7 Å². The van der Waals surface area contributed by atoms with Gasteiger partial charge in [-0.3, -0.25) is 14.5 Å². The molecule has 1 atom stereocenters. The Bertz CT molecular complexity index is 723.